The molecule has 2 aliphatic rings. The number of carbonyl (C=O) groups is 1. The molecular formula is C30H41N3O4. The molecule has 37 heavy (non-hydrogen) atoms. The summed E-state index contributed by atoms with van der Waals surface area (Å²) in [5.74, 6) is 0.113. The molecule has 1 aliphatic heterocycles. The van der Waals surface area contributed by atoms with Gasteiger partial charge in [-0.3, -0.25) is 4.90 Å². The van der Waals surface area contributed by atoms with Crippen LogP contribution in [-0.2, 0) is 16.1 Å². The number of carbonyl (C=O) groups excluding carboxylic acids is 1. The highest BCUT2D eigenvalue weighted by Crippen LogP contribution is 2.42. The Morgan fingerprint density at radius 1 is 1.14 bits per heavy atom. The largest absolute Gasteiger partial charge is 0.392 e. The van der Waals surface area contributed by atoms with Crippen molar-refractivity contribution in [3.63, 3.8) is 0 Å². The molecule has 0 aromatic heterocycles. The van der Waals surface area contributed by atoms with Crippen LogP contribution >= 0.6 is 0 Å². The molecule has 7 heteroatoms. The van der Waals surface area contributed by atoms with Crippen molar-refractivity contribution in [2.24, 2.45) is 5.92 Å². The number of anilines is 1. The second-order valence-corrected chi connectivity index (χ2v) is 10.1. The molecule has 4 rings (SSSR count). The van der Waals surface area contributed by atoms with Crippen molar-refractivity contribution in [2.45, 2.75) is 70.7 Å². The van der Waals surface area contributed by atoms with E-state index in [1.807, 2.05) is 61.5 Å². The first-order chi connectivity index (χ1) is 18.0. The predicted molar refractivity (Wildman–Crippen MR) is 146 cm³/mol. The van der Waals surface area contributed by atoms with Crippen molar-refractivity contribution >= 4 is 11.7 Å². The van der Waals surface area contributed by atoms with E-state index in [9.17, 15) is 9.90 Å². The third-order valence-electron chi connectivity index (χ3n) is 7.50. The minimum Gasteiger partial charge on any atom is -0.392 e. The number of nitrogens with zero attached hydrogens (tertiary/aromatic N) is 1. The zero-order valence-corrected chi connectivity index (χ0v) is 22.1. The smallest absolute Gasteiger partial charge is 0.319 e. The van der Waals surface area contributed by atoms with Crippen molar-refractivity contribution in [1.82, 2.24) is 10.2 Å². The fraction of sp³-hybridized carbons (Fsp3) is 0.500. The van der Waals surface area contributed by atoms with Crippen molar-refractivity contribution in [3.05, 3.63) is 77.9 Å². The summed E-state index contributed by atoms with van der Waals surface area (Å²) in [5.41, 5.74) is 3.49. The molecule has 7 nitrogen and oxygen atoms in total. The highest BCUT2D eigenvalue weighted by atomic mass is 16.7. The molecule has 200 valence electrons. The molecule has 0 spiro atoms. The number of hydrogen-bond acceptors (Lipinski definition) is 5. The molecule has 1 saturated heterocycles. The van der Waals surface area contributed by atoms with Gasteiger partial charge in [0.2, 0.25) is 0 Å². The number of ether oxygens (including phenoxy) is 2. The lowest BCUT2D eigenvalue weighted by Gasteiger charge is -2.43. The Morgan fingerprint density at radius 3 is 2.57 bits per heavy atom. The zero-order chi connectivity index (χ0) is 26.2. The van der Waals surface area contributed by atoms with Gasteiger partial charge in [-0.2, -0.15) is 0 Å². The SMILES string of the molecule is C=CCN(CC1OC(c2cccc(NC(=O)NCC)c2)OC(c2ccc(CO)cc2)C1C)C1CCCC1. The van der Waals surface area contributed by atoms with Gasteiger partial charge in [0, 0.05) is 42.8 Å². The van der Waals surface area contributed by atoms with Gasteiger partial charge in [-0.15, -0.1) is 6.58 Å². The third-order valence-corrected chi connectivity index (χ3v) is 7.50. The van der Waals surface area contributed by atoms with Gasteiger partial charge >= 0.3 is 6.03 Å². The molecule has 2 aromatic rings. The lowest BCUT2D eigenvalue weighted by Crippen LogP contribution is -2.47. The average Bonchev–Trinajstić information content (AvgIpc) is 3.45. The van der Waals surface area contributed by atoms with Gasteiger partial charge in [0.1, 0.15) is 0 Å². The molecule has 1 aliphatic carbocycles. The molecule has 2 aromatic carbocycles. The predicted octanol–water partition coefficient (Wildman–Crippen LogP) is 5.54. The number of benzene rings is 2. The second-order valence-electron chi connectivity index (χ2n) is 10.1. The van der Waals surface area contributed by atoms with Crippen LogP contribution in [0.4, 0.5) is 10.5 Å². The topological polar surface area (TPSA) is 83.1 Å². The van der Waals surface area contributed by atoms with E-state index in [-0.39, 0.29) is 30.8 Å². The first-order valence-electron chi connectivity index (χ1n) is 13.5. The first kappa shape index (κ1) is 27.3. The van der Waals surface area contributed by atoms with Crippen LogP contribution in [0.3, 0.4) is 0 Å². The van der Waals surface area contributed by atoms with Crippen LogP contribution in [0, 0.1) is 5.92 Å². The van der Waals surface area contributed by atoms with Crippen molar-refractivity contribution in [3.8, 4) is 0 Å². The van der Waals surface area contributed by atoms with Gasteiger partial charge in [-0.05, 0) is 43.0 Å². The third kappa shape index (κ3) is 6.99. The highest BCUT2D eigenvalue weighted by Gasteiger charge is 2.40. The van der Waals surface area contributed by atoms with E-state index >= 15 is 0 Å². The number of hydrogen-bond donors (Lipinski definition) is 3. The zero-order valence-electron chi connectivity index (χ0n) is 22.1. The minimum atomic E-state index is -0.575. The Balaban J connectivity index is 1.60. The number of nitrogens with one attached hydrogen (secondary N) is 2. The van der Waals surface area contributed by atoms with Crippen LogP contribution in [0.25, 0.3) is 0 Å². The molecule has 4 unspecified atom stereocenters. The maximum atomic E-state index is 12.1. The highest BCUT2D eigenvalue weighted by molar-refractivity contribution is 5.89. The van der Waals surface area contributed by atoms with Crippen LogP contribution in [0.2, 0.25) is 0 Å². The number of amides is 2. The van der Waals surface area contributed by atoms with E-state index in [0.717, 1.165) is 29.8 Å². The van der Waals surface area contributed by atoms with E-state index in [2.05, 4.69) is 29.0 Å². The van der Waals surface area contributed by atoms with Crippen LogP contribution < -0.4 is 10.6 Å². The van der Waals surface area contributed by atoms with E-state index in [0.29, 0.717) is 18.3 Å². The molecule has 2 amide bonds. The summed E-state index contributed by atoms with van der Waals surface area (Å²) in [6.07, 6.45) is 6.16. The Labute approximate surface area is 220 Å². The average molecular weight is 508 g/mol. The summed E-state index contributed by atoms with van der Waals surface area (Å²) in [7, 11) is 0. The second kappa shape index (κ2) is 13.2. The van der Waals surface area contributed by atoms with Gasteiger partial charge in [0.05, 0.1) is 18.8 Å². The summed E-state index contributed by atoms with van der Waals surface area (Å²) in [4.78, 5) is 14.6. The fourth-order valence-electron chi connectivity index (χ4n) is 5.47. The standard InChI is InChI=1S/C30H41N3O4/c1-4-17-33(26-11-6-7-12-26)19-27-21(3)28(23-15-13-22(20-34)14-16-23)37-29(36-27)24-9-8-10-25(18-24)32-30(35)31-5-2/h4,8-10,13-16,18,21,26-29,34H,1,5-7,11-12,17,19-20H2,2-3H3,(H2,31,32,35). The normalized spacial score (nSPS) is 24.2. The molecule has 2 fully saturated rings. The fourth-order valence-corrected chi connectivity index (χ4v) is 5.47. The monoisotopic (exact) mass is 507 g/mol. The summed E-state index contributed by atoms with van der Waals surface area (Å²) < 4.78 is 13.3. The number of urea groups is 1. The molecule has 4 atom stereocenters. The molecule has 1 heterocycles. The molecular weight excluding hydrogens is 466 g/mol. The molecule has 0 bridgehead atoms. The van der Waals surface area contributed by atoms with E-state index in [1.54, 1.807) is 0 Å². The van der Waals surface area contributed by atoms with Gasteiger partial charge in [-0.25, -0.2) is 4.79 Å². The van der Waals surface area contributed by atoms with Gasteiger partial charge in [0.25, 0.3) is 0 Å². The molecule has 3 N–H and O–H groups in total. The van der Waals surface area contributed by atoms with E-state index in [1.165, 1.54) is 25.7 Å². The Hall–Kier alpha value is -2.71. The van der Waals surface area contributed by atoms with Crippen molar-refractivity contribution in [2.75, 3.05) is 25.0 Å². The van der Waals surface area contributed by atoms with Gasteiger partial charge in [0.15, 0.2) is 6.29 Å². The van der Waals surface area contributed by atoms with Gasteiger partial charge in [-0.1, -0.05) is 62.2 Å². The quantitative estimate of drug-likeness (QED) is 0.368. The van der Waals surface area contributed by atoms with Crippen molar-refractivity contribution in [1.29, 1.82) is 0 Å². The van der Waals surface area contributed by atoms with E-state index < -0.39 is 6.29 Å². The lowest BCUT2D eigenvalue weighted by molar-refractivity contribution is -0.276. The van der Waals surface area contributed by atoms with Crippen LogP contribution in [-0.4, -0.2) is 47.8 Å². The van der Waals surface area contributed by atoms with Gasteiger partial charge < -0.3 is 25.2 Å². The van der Waals surface area contributed by atoms with Crippen molar-refractivity contribution < 1.29 is 19.4 Å². The Kier molecular flexibility index (Phi) is 9.75. The molecule has 0 radical (unpaired) electrons. The Bertz CT molecular complexity index is 1020. The number of rotatable bonds is 10. The summed E-state index contributed by atoms with van der Waals surface area (Å²) in [6, 6.07) is 16.0. The summed E-state index contributed by atoms with van der Waals surface area (Å²) >= 11 is 0. The summed E-state index contributed by atoms with van der Waals surface area (Å²) in [5, 5.41) is 15.1. The minimum absolute atomic E-state index is 0.0129. The van der Waals surface area contributed by atoms with Crippen LogP contribution in [0.15, 0.2) is 61.2 Å². The number of aliphatic hydroxyl groups is 1. The number of aliphatic hydroxyl groups excluding tert-OH is 1. The Morgan fingerprint density at radius 2 is 1.89 bits per heavy atom. The first-order valence-corrected chi connectivity index (χ1v) is 13.5. The van der Waals surface area contributed by atoms with Crippen LogP contribution in [0.1, 0.15) is 68.6 Å². The maximum Gasteiger partial charge on any atom is 0.319 e. The maximum absolute atomic E-state index is 12.1. The van der Waals surface area contributed by atoms with E-state index in [4.69, 9.17) is 9.47 Å². The lowest BCUT2D eigenvalue weighted by atomic mass is 9.89. The van der Waals surface area contributed by atoms with Crippen LogP contribution in [0.5, 0.6) is 0 Å². The summed E-state index contributed by atoms with van der Waals surface area (Å²) in [6.45, 7) is 10.3. The molecule has 1 saturated carbocycles.